The summed E-state index contributed by atoms with van der Waals surface area (Å²) in [5, 5.41) is 3.85. The molecule has 2 aliphatic heterocycles. The van der Waals surface area contributed by atoms with E-state index in [4.69, 9.17) is 14.2 Å². The van der Waals surface area contributed by atoms with Gasteiger partial charge in [0.1, 0.15) is 0 Å². The van der Waals surface area contributed by atoms with E-state index in [2.05, 4.69) is 53.3 Å². The van der Waals surface area contributed by atoms with E-state index in [1.807, 2.05) is 25.7 Å². The van der Waals surface area contributed by atoms with Gasteiger partial charge in [0.25, 0.3) is 5.91 Å². The Bertz CT molecular complexity index is 1230. The first kappa shape index (κ1) is 24.1. The molecule has 0 unspecified atom stereocenters. The summed E-state index contributed by atoms with van der Waals surface area (Å²) in [7, 11) is 0. The van der Waals surface area contributed by atoms with Crippen LogP contribution >= 0.6 is 0 Å². The van der Waals surface area contributed by atoms with Gasteiger partial charge in [-0.1, -0.05) is 6.07 Å². The number of carbonyl (C=O) groups is 1. The summed E-state index contributed by atoms with van der Waals surface area (Å²) in [6, 6.07) is 14.4. The molecule has 1 spiro atoms. The maximum absolute atomic E-state index is 13.6. The molecular weight excluding hydrogens is 454 g/mol. The van der Waals surface area contributed by atoms with Crippen molar-refractivity contribution in [2.75, 3.05) is 38.2 Å². The largest absolute Gasteiger partial charge is 0.490 e. The summed E-state index contributed by atoms with van der Waals surface area (Å²) in [6.45, 7) is 10.6. The highest BCUT2D eigenvalue weighted by molar-refractivity contribution is 5.95. The monoisotopic (exact) mass is 489 g/mol. The Labute approximate surface area is 213 Å². The molecule has 1 fully saturated rings. The summed E-state index contributed by atoms with van der Waals surface area (Å²) in [6.07, 6.45) is 3.78. The second kappa shape index (κ2) is 9.80. The van der Waals surface area contributed by atoms with Gasteiger partial charge in [0.15, 0.2) is 11.5 Å². The van der Waals surface area contributed by atoms with Crippen LogP contribution in [0.4, 0.5) is 5.69 Å². The minimum Gasteiger partial charge on any atom is -0.490 e. The highest BCUT2D eigenvalue weighted by Gasteiger charge is 2.42. The Hall–Kier alpha value is -3.61. The van der Waals surface area contributed by atoms with Gasteiger partial charge in [-0.25, -0.2) is 0 Å². The van der Waals surface area contributed by atoms with Gasteiger partial charge in [0.2, 0.25) is 5.75 Å². The second-order valence-corrected chi connectivity index (χ2v) is 9.38. The van der Waals surface area contributed by atoms with Crippen LogP contribution in [0.15, 0.2) is 48.7 Å². The van der Waals surface area contributed by atoms with E-state index in [0.717, 1.165) is 18.5 Å². The van der Waals surface area contributed by atoms with E-state index < -0.39 is 0 Å². The van der Waals surface area contributed by atoms with E-state index >= 15 is 0 Å². The number of anilines is 1. The van der Waals surface area contributed by atoms with Gasteiger partial charge in [0.05, 0.1) is 36.7 Å². The number of hydrogen-bond donors (Lipinski definition) is 1. The molecule has 0 saturated carbocycles. The van der Waals surface area contributed by atoms with Crippen molar-refractivity contribution in [2.24, 2.45) is 0 Å². The van der Waals surface area contributed by atoms with Crippen molar-refractivity contribution in [3.05, 3.63) is 65.5 Å². The first-order chi connectivity index (χ1) is 17.5. The van der Waals surface area contributed by atoms with E-state index in [1.165, 1.54) is 16.9 Å². The lowest BCUT2D eigenvalue weighted by molar-refractivity contribution is 0.0675. The molecule has 2 aliphatic rings. The van der Waals surface area contributed by atoms with Crippen molar-refractivity contribution in [3.63, 3.8) is 0 Å². The maximum atomic E-state index is 13.6. The topological polar surface area (TPSA) is 65.0 Å². The molecule has 1 aromatic heterocycles. The lowest BCUT2D eigenvalue weighted by Crippen LogP contribution is -2.51. The van der Waals surface area contributed by atoms with Crippen LogP contribution in [0.25, 0.3) is 5.69 Å². The zero-order chi connectivity index (χ0) is 25.3. The molecule has 3 heterocycles. The zero-order valence-electron chi connectivity index (χ0n) is 21.6. The molecular formula is C29H35N3O4. The van der Waals surface area contributed by atoms with Crippen molar-refractivity contribution in [2.45, 2.75) is 46.1 Å². The number of aryl methyl sites for hydroxylation is 1. The predicted molar refractivity (Wildman–Crippen MR) is 141 cm³/mol. The normalized spacial score (nSPS) is 15.6. The average Bonchev–Trinajstić information content (AvgIpc) is 3.37. The fourth-order valence-electron chi connectivity index (χ4n) is 5.43. The summed E-state index contributed by atoms with van der Waals surface area (Å²) in [5.74, 6) is 1.62. The molecule has 5 rings (SSSR count). The second-order valence-electron chi connectivity index (χ2n) is 9.38. The van der Waals surface area contributed by atoms with Gasteiger partial charge in [0, 0.05) is 30.5 Å². The number of fused-ring (bicyclic) bond motifs is 4. The van der Waals surface area contributed by atoms with Gasteiger partial charge in [-0.05, 0) is 82.5 Å². The molecule has 2 aromatic carbocycles. The average molecular weight is 490 g/mol. The van der Waals surface area contributed by atoms with E-state index in [1.54, 1.807) is 12.1 Å². The van der Waals surface area contributed by atoms with Crippen LogP contribution in [0.2, 0.25) is 0 Å². The van der Waals surface area contributed by atoms with Crippen LogP contribution in [0, 0.1) is 6.92 Å². The van der Waals surface area contributed by atoms with Crippen LogP contribution in [-0.2, 0) is 5.54 Å². The summed E-state index contributed by atoms with van der Waals surface area (Å²) >= 11 is 0. The van der Waals surface area contributed by atoms with Crippen molar-refractivity contribution in [3.8, 4) is 22.9 Å². The number of hydrogen-bond acceptors (Lipinski definition) is 5. The molecule has 36 heavy (non-hydrogen) atoms. The summed E-state index contributed by atoms with van der Waals surface area (Å²) < 4.78 is 19.8. The Morgan fingerprint density at radius 2 is 1.61 bits per heavy atom. The number of piperidine rings is 1. The molecule has 1 amide bonds. The SMILES string of the molecule is CCOc1cc(C(=O)N2CCC3(CC2)Nc2cc(C)ccc2-n2cccc23)cc(OCC)c1OCC. The minimum absolute atomic E-state index is 0.0164. The maximum Gasteiger partial charge on any atom is 0.254 e. The molecule has 3 aromatic rings. The number of likely N-dealkylation sites (tertiary alicyclic amines) is 1. The van der Waals surface area contributed by atoms with Crippen LogP contribution < -0.4 is 19.5 Å². The molecule has 1 N–H and O–H groups in total. The van der Waals surface area contributed by atoms with Crippen molar-refractivity contribution >= 4 is 11.6 Å². The van der Waals surface area contributed by atoms with Gasteiger partial charge in [-0.2, -0.15) is 0 Å². The summed E-state index contributed by atoms with van der Waals surface area (Å²) in [5.41, 5.74) is 5.16. The number of aromatic nitrogens is 1. The molecule has 0 atom stereocenters. The molecule has 0 bridgehead atoms. The van der Waals surface area contributed by atoms with Crippen LogP contribution in [-0.4, -0.2) is 48.3 Å². The van der Waals surface area contributed by atoms with Crippen molar-refractivity contribution in [1.82, 2.24) is 9.47 Å². The van der Waals surface area contributed by atoms with Gasteiger partial charge < -0.3 is 29.0 Å². The van der Waals surface area contributed by atoms with Gasteiger partial charge in [-0.3, -0.25) is 4.79 Å². The van der Waals surface area contributed by atoms with Crippen molar-refractivity contribution < 1.29 is 19.0 Å². The van der Waals surface area contributed by atoms with E-state index in [-0.39, 0.29) is 11.4 Å². The number of ether oxygens (including phenoxy) is 3. The molecule has 0 aliphatic carbocycles. The molecule has 7 nitrogen and oxygen atoms in total. The third kappa shape index (κ3) is 4.16. The van der Waals surface area contributed by atoms with E-state index in [9.17, 15) is 4.79 Å². The number of amides is 1. The van der Waals surface area contributed by atoms with E-state index in [0.29, 0.717) is 55.7 Å². The molecule has 0 radical (unpaired) electrons. The fraction of sp³-hybridized carbons (Fsp3) is 0.414. The Kier molecular flexibility index (Phi) is 6.56. The van der Waals surface area contributed by atoms with Gasteiger partial charge in [-0.15, -0.1) is 0 Å². The Morgan fingerprint density at radius 1 is 0.944 bits per heavy atom. The van der Waals surface area contributed by atoms with Crippen LogP contribution in [0.1, 0.15) is 55.2 Å². The molecule has 1 saturated heterocycles. The standard InChI is InChI=1S/C29H35N3O4/c1-5-34-24-18-21(19-25(35-6-2)27(24)36-7-3)28(33)31-15-12-29(13-16-31)26-9-8-14-32(26)23-11-10-20(4)17-22(23)30-29/h8-11,14,17-19,30H,5-7,12-13,15-16H2,1-4H3. The zero-order valence-corrected chi connectivity index (χ0v) is 21.6. The highest BCUT2D eigenvalue weighted by Crippen LogP contribution is 2.44. The lowest BCUT2D eigenvalue weighted by Gasteiger charge is -2.46. The fourth-order valence-corrected chi connectivity index (χ4v) is 5.43. The number of benzene rings is 2. The molecule has 190 valence electrons. The van der Waals surface area contributed by atoms with Crippen molar-refractivity contribution in [1.29, 1.82) is 0 Å². The van der Waals surface area contributed by atoms with Gasteiger partial charge >= 0.3 is 0 Å². The lowest BCUT2D eigenvalue weighted by atomic mass is 9.82. The first-order valence-electron chi connectivity index (χ1n) is 12.9. The van der Waals surface area contributed by atoms with Crippen LogP contribution in [0.5, 0.6) is 17.2 Å². The first-order valence-corrected chi connectivity index (χ1v) is 12.9. The smallest absolute Gasteiger partial charge is 0.254 e. The quantitative estimate of drug-likeness (QED) is 0.472. The number of nitrogens with zero attached hydrogens (tertiary/aromatic N) is 2. The highest BCUT2D eigenvalue weighted by atomic mass is 16.5. The molecule has 7 heteroatoms. The third-order valence-corrected chi connectivity index (χ3v) is 7.08. The predicted octanol–water partition coefficient (Wildman–Crippen LogP) is 5.54. The Balaban J connectivity index is 1.40. The minimum atomic E-state index is -0.202. The number of carbonyl (C=O) groups excluding carboxylic acids is 1. The van der Waals surface area contributed by atoms with Crippen LogP contribution in [0.3, 0.4) is 0 Å². The summed E-state index contributed by atoms with van der Waals surface area (Å²) in [4.78, 5) is 15.6. The number of nitrogens with one attached hydrogen (secondary N) is 1. The number of rotatable bonds is 7. The Morgan fingerprint density at radius 3 is 2.25 bits per heavy atom. The third-order valence-electron chi connectivity index (χ3n) is 7.08.